The fraction of sp³-hybridized carbons (Fsp3) is 0.0870. The topological polar surface area (TPSA) is 135 Å². The zero-order valence-electron chi connectivity index (χ0n) is 17.2. The van der Waals surface area contributed by atoms with Gasteiger partial charge in [-0.2, -0.15) is 5.26 Å². The molecule has 2 aromatic carbocycles. The highest BCUT2D eigenvalue weighted by molar-refractivity contribution is 6.34. The summed E-state index contributed by atoms with van der Waals surface area (Å²) < 4.78 is 10.6. The molecule has 3 rings (SSSR count). The van der Waals surface area contributed by atoms with Gasteiger partial charge in [-0.15, -0.1) is 0 Å². The first-order valence-corrected chi connectivity index (χ1v) is 9.94. The maximum atomic E-state index is 12.5. The number of rotatable bonds is 7. The molecule has 1 heterocycles. The van der Waals surface area contributed by atoms with E-state index in [1.165, 1.54) is 18.2 Å². The third kappa shape index (κ3) is 5.64. The van der Waals surface area contributed by atoms with Crippen LogP contribution in [-0.2, 0) is 9.53 Å². The Morgan fingerprint density at radius 3 is 2.58 bits per heavy atom. The molecular formula is C23H16ClN3O6. The Morgan fingerprint density at radius 2 is 1.94 bits per heavy atom. The number of furan rings is 1. The van der Waals surface area contributed by atoms with Crippen molar-refractivity contribution in [3.63, 3.8) is 0 Å². The van der Waals surface area contributed by atoms with Crippen molar-refractivity contribution < 1.29 is 23.7 Å². The molecule has 0 fully saturated rings. The van der Waals surface area contributed by atoms with Crippen LogP contribution in [0, 0.1) is 21.4 Å². The summed E-state index contributed by atoms with van der Waals surface area (Å²) in [4.78, 5) is 34.6. The molecule has 0 aliphatic heterocycles. The first-order chi connectivity index (χ1) is 15.8. The Bertz CT molecular complexity index is 1290. The SMILES string of the molecule is CCOC(=O)c1ccc(-c2ccc(C=C(C#N)C(=O)Nc3cc([N+](=O)[O-])ccc3Cl)o2)cc1. The predicted molar refractivity (Wildman–Crippen MR) is 120 cm³/mol. The van der Waals surface area contributed by atoms with Crippen molar-refractivity contribution in [2.24, 2.45) is 0 Å². The molecule has 0 radical (unpaired) electrons. The lowest BCUT2D eigenvalue weighted by atomic mass is 10.1. The summed E-state index contributed by atoms with van der Waals surface area (Å²) in [6.07, 6.45) is 1.23. The number of hydrogen-bond acceptors (Lipinski definition) is 7. The quantitative estimate of drug-likeness (QED) is 0.166. The van der Waals surface area contributed by atoms with E-state index in [0.29, 0.717) is 16.9 Å². The molecule has 0 atom stereocenters. The van der Waals surface area contributed by atoms with E-state index in [4.69, 9.17) is 20.8 Å². The Kier molecular flexibility index (Phi) is 7.23. The molecule has 0 unspecified atom stereocenters. The zero-order chi connectivity index (χ0) is 24.0. The molecule has 0 bridgehead atoms. The lowest BCUT2D eigenvalue weighted by Gasteiger charge is -2.06. The van der Waals surface area contributed by atoms with Crippen molar-refractivity contribution in [2.75, 3.05) is 11.9 Å². The summed E-state index contributed by atoms with van der Waals surface area (Å²) >= 11 is 5.99. The summed E-state index contributed by atoms with van der Waals surface area (Å²) in [6, 6.07) is 15.1. The van der Waals surface area contributed by atoms with Gasteiger partial charge in [0.05, 0.1) is 27.8 Å². The summed E-state index contributed by atoms with van der Waals surface area (Å²) in [5.41, 5.74) is 0.515. The van der Waals surface area contributed by atoms with Gasteiger partial charge in [0.1, 0.15) is 23.2 Å². The standard InChI is InChI=1S/C23H16ClN3O6/c1-2-32-23(29)15-5-3-14(4-6-15)21-10-8-18(33-21)11-16(13-25)22(28)26-20-12-17(27(30)31)7-9-19(20)24/h3-12H,2H2,1H3,(H,26,28). The van der Waals surface area contributed by atoms with Crippen molar-refractivity contribution >= 4 is 40.9 Å². The second-order valence-electron chi connectivity index (χ2n) is 6.55. The fourth-order valence-electron chi connectivity index (χ4n) is 2.77. The molecule has 0 saturated heterocycles. The number of nitrogens with zero attached hydrogens (tertiary/aromatic N) is 2. The summed E-state index contributed by atoms with van der Waals surface area (Å²) in [6.45, 7) is 1.99. The minimum absolute atomic E-state index is 0.00107. The lowest BCUT2D eigenvalue weighted by molar-refractivity contribution is -0.384. The smallest absolute Gasteiger partial charge is 0.338 e. The number of ether oxygens (including phenoxy) is 1. The van der Waals surface area contributed by atoms with E-state index in [1.807, 2.05) is 0 Å². The van der Waals surface area contributed by atoms with Gasteiger partial charge in [0.25, 0.3) is 11.6 Å². The molecule has 10 heteroatoms. The normalized spacial score (nSPS) is 10.9. The van der Waals surface area contributed by atoms with Crippen LogP contribution in [0.1, 0.15) is 23.0 Å². The first-order valence-electron chi connectivity index (χ1n) is 9.57. The number of halogens is 1. The van der Waals surface area contributed by atoms with Crippen LogP contribution in [0.5, 0.6) is 0 Å². The van der Waals surface area contributed by atoms with Gasteiger partial charge in [-0.25, -0.2) is 4.79 Å². The van der Waals surface area contributed by atoms with Crippen molar-refractivity contribution in [2.45, 2.75) is 6.92 Å². The van der Waals surface area contributed by atoms with Gasteiger partial charge >= 0.3 is 5.97 Å². The number of nitro benzene ring substituents is 1. The van der Waals surface area contributed by atoms with Crippen LogP contribution in [0.25, 0.3) is 17.4 Å². The van der Waals surface area contributed by atoms with Crippen LogP contribution in [0.4, 0.5) is 11.4 Å². The third-order valence-electron chi connectivity index (χ3n) is 4.37. The van der Waals surface area contributed by atoms with Gasteiger partial charge < -0.3 is 14.5 Å². The van der Waals surface area contributed by atoms with Gasteiger partial charge in [-0.1, -0.05) is 23.7 Å². The first kappa shape index (κ1) is 23.2. The molecule has 1 amide bonds. The van der Waals surface area contributed by atoms with Crippen LogP contribution < -0.4 is 5.32 Å². The van der Waals surface area contributed by atoms with Crippen molar-refractivity contribution in [1.29, 1.82) is 5.26 Å². The third-order valence-corrected chi connectivity index (χ3v) is 4.70. The number of benzene rings is 2. The van der Waals surface area contributed by atoms with Crippen molar-refractivity contribution in [3.05, 3.63) is 86.6 Å². The number of nitriles is 1. The van der Waals surface area contributed by atoms with Crippen molar-refractivity contribution in [1.82, 2.24) is 0 Å². The molecule has 0 aliphatic carbocycles. The average Bonchev–Trinajstić information content (AvgIpc) is 3.27. The molecule has 33 heavy (non-hydrogen) atoms. The second kappa shape index (κ2) is 10.3. The van der Waals surface area contributed by atoms with E-state index in [-0.39, 0.29) is 34.3 Å². The van der Waals surface area contributed by atoms with Crippen LogP contribution in [0.15, 0.2) is 64.6 Å². The van der Waals surface area contributed by atoms with Gasteiger partial charge in [0, 0.05) is 23.8 Å². The van der Waals surface area contributed by atoms with E-state index in [9.17, 15) is 25.0 Å². The number of carbonyl (C=O) groups is 2. The van der Waals surface area contributed by atoms with Crippen LogP contribution in [0.3, 0.4) is 0 Å². The number of amides is 1. The Labute approximate surface area is 193 Å². The highest BCUT2D eigenvalue weighted by atomic mass is 35.5. The highest BCUT2D eigenvalue weighted by Gasteiger charge is 2.16. The van der Waals surface area contributed by atoms with Gasteiger partial charge in [0.15, 0.2) is 0 Å². The summed E-state index contributed by atoms with van der Waals surface area (Å²) in [5.74, 6) is -0.551. The molecule has 1 N–H and O–H groups in total. The minimum atomic E-state index is -0.809. The van der Waals surface area contributed by atoms with Crippen LogP contribution >= 0.6 is 11.6 Å². The maximum Gasteiger partial charge on any atom is 0.338 e. The van der Waals surface area contributed by atoms with E-state index in [2.05, 4.69) is 5.32 Å². The number of non-ortho nitro benzene ring substituents is 1. The number of nitrogens with one attached hydrogen (secondary N) is 1. The van der Waals surface area contributed by atoms with Gasteiger partial charge in [-0.05, 0) is 37.3 Å². The highest BCUT2D eigenvalue weighted by Crippen LogP contribution is 2.28. The molecule has 3 aromatic rings. The Balaban J connectivity index is 1.78. The number of esters is 1. The number of hydrogen-bond donors (Lipinski definition) is 1. The van der Waals surface area contributed by atoms with Crippen LogP contribution in [0.2, 0.25) is 5.02 Å². The molecule has 1 aromatic heterocycles. The minimum Gasteiger partial charge on any atom is -0.462 e. The molecule has 0 aliphatic rings. The van der Waals surface area contributed by atoms with E-state index < -0.39 is 16.8 Å². The molecule has 0 spiro atoms. The Hall–Kier alpha value is -4.42. The largest absolute Gasteiger partial charge is 0.462 e. The average molecular weight is 466 g/mol. The van der Waals surface area contributed by atoms with Gasteiger partial charge in [0.2, 0.25) is 0 Å². The number of carbonyl (C=O) groups excluding carboxylic acids is 2. The maximum absolute atomic E-state index is 12.5. The second-order valence-corrected chi connectivity index (χ2v) is 6.95. The monoisotopic (exact) mass is 465 g/mol. The summed E-state index contributed by atoms with van der Waals surface area (Å²) in [7, 11) is 0. The zero-order valence-corrected chi connectivity index (χ0v) is 18.0. The molecule has 0 saturated carbocycles. The van der Waals surface area contributed by atoms with E-state index >= 15 is 0 Å². The lowest BCUT2D eigenvalue weighted by Crippen LogP contribution is -2.13. The Morgan fingerprint density at radius 1 is 1.21 bits per heavy atom. The molecular weight excluding hydrogens is 450 g/mol. The predicted octanol–water partition coefficient (Wildman–Crippen LogP) is 5.23. The van der Waals surface area contributed by atoms with Gasteiger partial charge in [-0.3, -0.25) is 14.9 Å². The van der Waals surface area contributed by atoms with E-state index in [0.717, 1.165) is 6.07 Å². The van der Waals surface area contributed by atoms with Crippen molar-refractivity contribution in [3.8, 4) is 17.4 Å². The summed E-state index contributed by atoms with van der Waals surface area (Å²) in [5, 5.41) is 22.8. The van der Waals surface area contributed by atoms with Crippen LogP contribution in [-0.4, -0.2) is 23.4 Å². The number of nitro groups is 1. The number of anilines is 1. The fourth-order valence-corrected chi connectivity index (χ4v) is 2.94. The van der Waals surface area contributed by atoms with E-state index in [1.54, 1.807) is 49.4 Å². The molecule has 166 valence electrons. The molecule has 9 nitrogen and oxygen atoms in total.